The van der Waals surface area contributed by atoms with E-state index in [0.717, 1.165) is 12.2 Å². The van der Waals surface area contributed by atoms with Gasteiger partial charge in [0.25, 0.3) is 0 Å². The minimum atomic E-state index is 0.311. The fourth-order valence-corrected chi connectivity index (χ4v) is 2.59. The summed E-state index contributed by atoms with van der Waals surface area (Å²) >= 11 is 0. The predicted octanol–water partition coefficient (Wildman–Crippen LogP) is 2.27. The number of ether oxygens (including phenoxy) is 1. The van der Waals surface area contributed by atoms with Gasteiger partial charge >= 0.3 is 0 Å². The maximum absolute atomic E-state index is 5.70. The summed E-state index contributed by atoms with van der Waals surface area (Å²) in [7, 11) is 1.80. The van der Waals surface area contributed by atoms with E-state index < -0.39 is 0 Å². The Balaban J connectivity index is 2.00. The van der Waals surface area contributed by atoms with Crippen LogP contribution in [0.3, 0.4) is 0 Å². The van der Waals surface area contributed by atoms with Crippen LogP contribution in [0.2, 0.25) is 0 Å². The number of rotatable bonds is 4. The highest BCUT2D eigenvalue weighted by atomic mass is 16.5. The largest absolute Gasteiger partial charge is 0.399 e. The lowest BCUT2D eigenvalue weighted by Crippen LogP contribution is -2.37. The van der Waals surface area contributed by atoms with Gasteiger partial charge in [0.1, 0.15) is 0 Å². The van der Waals surface area contributed by atoms with Crippen LogP contribution in [-0.2, 0) is 11.3 Å². The van der Waals surface area contributed by atoms with Gasteiger partial charge in [0.2, 0.25) is 0 Å². The van der Waals surface area contributed by atoms with Crippen LogP contribution in [0.4, 0.5) is 5.69 Å². The highest BCUT2D eigenvalue weighted by Gasteiger charge is 2.28. The number of methoxy groups -OCH3 is 1. The van der Waals surface area contributed by atoms with Crippen molar-refractivity contribution >= 4 is 5.69 Å². The molecule has 1 fully saturated rings. The molecule has 0 spiro atoms. The number of hydrogen-bond acceptors (Lipinski definition) is 3. The summed E-state index contributed by atoms with van der Waals surface area (Å²) in [6, 6.07) is 8.72. The molecular formula is C14H22N2O. The lowest BCUT2D eigenvalue weighted by Gasteiger charge is -2.28. The number of anilines is 1. The summed E-state index contributed by atoms with van der Waals surface area (Å²) in [6.07, 6.45) is 2.82. The summed E-state index contributed by atoms with van der Waals surface area (Å²) in [5.74, 6) is 0. The molecule has 0 aliphatic carbocycles. The van der Waals surface area contributed by atoms with Gasteiger partial charge in [-0.15, -0.1) is 0 Å². The molecule has 3 nitrogen and oxygen atoms in total. The molecule has 1 saturated heterocycles. The van der Waals surface area contributed by atoms with Gasteiger partial charge in [-0.2, -0.15) is 0 Å². The van der Waals surface area contributed by atoms with Crippen molar-refractivity contribution in [1.82, 2.24) is 4.90 Å². The van der Waals surface area contributed by atoms with Crippen molar-refractivity contribution in [3.8, 4) is 0 Å². The molecule has 0 amide bonds. The van der Waals surface area contributed by atoms with Gasteiger partial charge in [-0.05, 0) is 44.0 Å². The molecule has 1 aliphatic rings. The molecule has 1 aromatic carbocycles. The van der Waals surface area contributed by atoms with Gasteiger partial charge in [0.15, 0.2) is 0 Å². The second-order valence-electron chi connectivity index (χ2n) is 4.86. The van der Waals surface area contributed by atoms with Crippen LogP contribution in [0, 0.1) is 0 Å². The minimum absolute atomic E-state index is 0.311. The van der Waals surface area contributed by atoms with Gasteiger partial charge < -0.3 is 10.5 Å². The third-order valence-electron chi connectivity index (χ3n) is 3.69. The molecule has 94 valence electrons. The standard InChI is InChI=1S/C14H22N2O/c1-11(17-2)14-4-3-9-16(14)10-12-5-7-13(15)8-6-12/h5-8,11,14H,3-4,9-10,15H2,1-2H3. The highest BCUT2D eigenvalue weighted by molar-refractivity contribution is 5.39. The van der Waals surface area contributed by atoms with Gasteiger partial charge in [-0.25, -0.2) is 0 Å². The van der Waals surface area contributed by atoms with Crippen molar-refractivity contribution in [2.45, 2.75) is 38.5 Å². The zero-order valence-corrected chi connectivity index (χ0v) is 10.7. The molecule has 1 aliphatic heterocycles. The molecule has 2 atom stereocenters. The summed E-state index contributed by atoms with van der Waals surface area (Å²) < 4.78 is 5.46. The van der Waals surface area contributed by atoms with E-state index in [1.54, 1.807) is 7.11 Å². The molecule has 2 rings (SSSR count). The number of hydrogen-bond donors (Lipinski definition) is 1. The molecule has 3 heteroatoms. The fraction of sp³-hybridized carbons (Fsp3) is 0.571. The molecule has 2 unspecified atom stereocenters. The third kappa shape index (κ3) is 2.99. The first kappa shape index (κ1) is 12.4. The Morgan fingerprint density at radius 3 is 2.76 bits per heavy atom. The monoisotopic (exact) mass is 234 g/mol. The molecule has 0 saturated carbocycles. The first-order valence-corrected chi connectivity index (χ1v) is 6.32. The van der Waals surface area contributed by atoms with Gasteiger partial charge in [-0.1, -0.05) is 12.1 Å². The topological polar surface area (TPSA) is 38.5 Å². The second kappa shape index (κ2) is 5.52. The highest BCUT2D eigenvalue weighted by Crippen LogP contribution is 2.23. The zero-order valence-electron chi connectivity index (χ0n) is 10.7. The lowest BCUT2D eigenvalue weighted by atomic mass is 10.1. The van der Waals surface area contributed by atoms with Crippen LogP contribution >= 0.6 is 0 Å². The maximum Gasteiger partial charge on any atom is 0.0698 e. The normalized spacial score (nSPS) is 22.8. The predicted molar refractivity (Wildman–Crippen MR) is 70.8 cm³/mol. The van der Waals surface area contributed by atoms with Crippen molar-refractivity contribution < 1.29 is 4.74 Å². The Hall–Kier alpha value is -1.06. The van der Waals surface area contributed by atoms with Gasteiger partial charge in [-0.3, -0.25) is 4.90 Å². The molecule has 0 radical (unpaired) electrons. The van der Waals surface area contributed by atoms with Crippen molar-refractivity contribution in [3.63, 3.8) is 0 Å². The summed E-state index contributed by atoms with van der Waals surface area (Å²) in [6.45, 7) is 4.33. The number of benzene rings is 1. The van der Waals surface area contributed by atoms with Crippen LogP contribution in [-0.4, -0.2) is 30.7 Å². The van der Waals surface area contributed by atoms with E-state index in [2.05, 4.69) is 24.0 Å². The Morgan fingerprint density at radius 2 is 2.12 bits per heavy atom. The number of likely N-dealkylation sites (tertiary alicyclic amines) is 1. The van der Waals surface area contributed by atoms with Crippen molar-refractivity contribution in [3.05, 3.63) is 29.8 Å². The molecule has 0 aromatic heterocycles. The zero-order chi connectivity index (χ0) is 12.3. The van der Waals surface area contributed by atoms with Crippen molar-refractivity contribution in [2.24, 2.45) is 0 Å². The molecule has 2 N–H and O–H groups in total. The molecule has 1 aromatic rings. The molecule has 17 heavy (non-hydrogen) atoms. The van der Waals surface area contributed by atoms with E-state index in [0.29, 0.717) is 12.1 Å². The summed E-state index contributed by atoms with van der Waals surface area (Å²) in [5.41, 5.74) is 7.86. The fourth-order valence-electron chi connectivity index (χ4n) is 2.59. The molecule has 0 bridgehead atoms. The van der Waals surface area contributed by atoms with Crippen molar-refractivity contribution in [1.29, 1.82) is 0 Å². The minimum Gasteiger partial charge on any atom is -0.399 e. The average molecular weight is 234 g/mol. The number of nitrogens with two attached hydrogens (primary N) is 1. The SMILES string of the molecule is COC(C)C1CCCN1Cc1ccc(N)cc1. The Bertz CT molecular complexity index is 350. The van der Waals surface area contributed by atoms with E-state index in [4.69, 9.17) is 10.5 Å². The molecule has 1 heterocycles. The lowest BCUT2D eigenvalue weighted by molar-refractivity contribution is 0.0411. The number of nitrogens with zero attached hydrogens (tertiary/aromatic N) is 1. The first-order chi connectivity index (χ1) is 8.20. The van der Waals surface area contributed by atoms with E-state index in [9.17, 15) is 0 Å². The Kier molecular flexibility index (Phi) is 4.02. The van der Waals surface area contributed by atoms with Crippen molar-refractivity contribution in [2.75, 3.05) is 19.4 Å². The molecular weight excluding hydrogens is 212 g/mol. The van der Waals surface area contributed by atoms with Crippen LogP contribution in [0.25, 0.3) is 0 Å². The third-order valence-corrected chi connectivity index (χ3v) is 3.69. The van der Waals surface area contributed by atoms with Crippen LogP contribution in [0.15, 0.2) is 24.3 Å². The quantitative estimate of drug-likeness (QED) is 0.812. The van der Waals surface area contributed by atoms with Crippen LogP contribution < -0.4 is 5.73 Å². The second-order valence-corrected chi connectivity index (χ2v) is 4.86. The first-order valence-electron chi connectivity index (χ1n) is 6.32. The van der Waals surface area contributed by atoms with Crippen LogP contribution in [0.5, 0.6) is 0 Å². The van der Waals surface area contributed by atoms with Gasteiger partial charge in [0, 0.05) is 25.4 Å². The van der Waals surface area contributed by atoms with E-state index in [1.807, 2.05) is 12.1 Å². The van der Waals surface area contributed by atoms with E-state index >= 15 is 0 Å². The average Bonchev–Trinajstić information content (AvgIpc) is 2.79. The Labute approximate surface area is 104 Å². The van der Waals surface area contributed by atoms with Gasteiger partial charge in [0.05, 0.1) is 6.10 Å². The summed E-state index contributed by atoms with van der Waals surface area (Å²) in [5, 5.41) is 0. The maximum atomic E-state index is 5.70. The van der Waals surface area contributed by atoms with E-state index in [1.165, 1.54) is 24.9 Å². The summed E-state index contributed by atoms with van der Waals surface area (Å²) in [4.78, 5) is 2.51. The van der Waals surface area contributed by atoms with Crippen LogP contribution in [0.1, 0.15) is 25.3 Å². The smallest absolute Gasteiger partial charge is 0.0698 e. The van der Waals surface area contributed by atoms with E-state index in [-0.39, 0.29) is 0 Å². The Morgan fingerprint density at radius 1 is 1.41 bits per heavy atom. The number of nitrogen functional groups attached to an aromatic ring is 1.